The van der Waals surface area contributed by atoms with E-state index in [0.29, 0.717) is 24.1 Å². The molecule has 5 nitrogen and oxygen atoms in total. The van der Waals surface area contributed by atoms with Gasteiger partial charge in [-0.05, 0) is 41.8 Å². The fraction of sp³-hybridized carbons (Fsp3) is 0.174. The van der Waals surface area contributed by atoms with E-state index in [1.54, 1.807) is 31.2 Å². The van der Waals surface area contributed by atoms with Crippen molar-refractivity contribution < 1.29 is 14.4 Å². The van der Waals surface area contributed by atoms with Crippen LogP contribution in [0.2, 0.25) is 0 Å². The van der Waals surface area contributed by atoms with Crippen LogP contribution in [0.3, 0.4) is 0 Å². The summed E-state index contributed by atoms with van der Waals surface area (Å²) in [5.41, 5.74) is 1.84. The first-order valence-corrected chi connectivity index (χ1v) is 9.29. The molecule has 0 aromatic heterocycles. The molecule has 1 aliphatic heterocycles. The minimum Gasteiger partial charge on any atom is -0.354 e. The minimum atomic E-state index is -0.861. The average molecular weight is 372 g/mol. The van der Waals surface area contributed by atoms with E-state index in [1.807, 2.05) is 24.3 Å². The molecular weight excluding hydrogens is 352 g/mol. The predicted octanol–water partition coefficient (Wildman–Crippen LogP) is 3.18. The van der Waals surface area contributed by atoms with Crippen LogP contribution < -0.4 is 5.32 Å². The Kier molecular flexibility index (Phi) is 4.65. The Morgan fingerprint density at radius 2 is 1.50 bits per heavy atom. The second-order valence-corrected chi connectivity index (χ2v) is 6.88. The molecule has 1 heterocycles. The Morgan fingerprint density at radius 1 is 0.893 bits per heavy atom. The lowest BCUT2D eigenvalue weighted by Gasteiger charge is -2.21. The van der Waals surface area contributed by atoms with Crippen LogP contribution in [-0.4, -0.2) is 35.2 Å². The van der Waals surface area contributed by atoms with Gasteiger partial charge in [0, 0.05) is 6.54 Å². The normalized spacial score (nSPS) is 14.2. The number of hydrogen-bond acceptors (Lipinski definition) is 3. The van der Waals surface area contributed by atoms with Crippen LogP contribution in [0.4, 0.5) is 0 Å². The van der Waals surface area contributed by atoms with E-state index in [0.717, 1.165) is 21.2 Å². The van der Waals surface area contributed by atoms with E-state index >= 15 is 0 Å². The number of nitrogens with zero attached hydrogens (tertiary/aromatic N) is 1. The van der Waals surface area contributed by atoms with Gasteiger partial charge in [0.05, 0.1) is 11.1 Å². The van der Waals surface area contributed by atoms with E-state index in [9.17, 15) is 14.4 Å². The fourth-order valence-electron chi connectivity index (χ4n) is 3.66. The summed E-state index contributed by atoms with van der Waals surface area (Å²) in [7, 11) is 0. The molecule has 3 aromatic carbocycles. The average Bonchev–Trinajstić information content (AvgIpc) is 2.98. The molecular formula is C23H20N2O3. The number of imide groups is 1. The first-order chi connectivity index (χ1) is 13.6. The largest absolute Gasteiger partial charge is 0.354 e. The van der Waals surface area contributed by atoms with Gasteiger partial charge in [-0.25, -0.2) is 0 Å². The number of nitrogens with one attached hydrogen (secondary N) is 1. The lowest BCUT2D eigenvalue weighted by atomic mass is 10.0. The number of hydrogen-bond donors (Lipinski definition) is 1. The number of benzene rings is 3. The zero-order valence-corrected chi connectivity index (χ0v) is 15.5. The maximum absolute atomic E-state index is 12.6. The first kappa shape index (κ1) is 17.9. The third kappa shape index (κ3) is 3.05. The summed E-state index contributed by atoms with van der Waals surface area (Å²) in [5.74, 6) is -1.18. The van der Waals surface area contributed by atoms with Crippen molar-refractivity contribution in [3.63, 3.8) is 0 Å². The molecule has 1 N–H and O–H groups in total. The van der Waals surface area contributed by atoms with Crippen LogP contribution in [0.5, 0.6) is 0 Å². The van der Waals surface area contributed by atoms with E-state index in [1.165, 1.54) is 0 Å². The molecule has 0 fully saturated rings. The van der Waals surface area contributed by atoms with Gasteiger partial charge in [0.1, 0.15) is 6.04 Å². The highest BCUT2D eigenvalue weighted by Crippen LogP contribution is 2.24. The highest BCUT2D eigenvalue weighted by atomic mass is 16.2. The second kappa shape index (κ2) is 7.27. The van der Waals surface area contributed by atoms with Gasteiger partial charge < -0.3 is 5.32 Å². The van der Waals surface area contributed by atoms with Gasteiger partial charge in [-0.3, -0.25) is 19.3 Å². The van der Waals surface area contributed by atoms with Crippen molar-refractivity contribution in [2.24, 2.45) is 0 Å². The van der Waals surface area contributed by atoms with Gasteiger partial charge in [0.2, 0.25) is 5.91 Å². The summed E-state index contributed by atoms with van der Waals surface area (Å²) in [6, 6.07) is 20.0. The van der Waals surface area contributed by atoms with Crippen molar-refractivity contribution in [2.45, 2.75) is 19.4 Å². The molecule has 1 atom stereocenters. The Balaban J connectivity index is 1.42. The lowest BCUT2D eigenvalue weighted by Crippen LogP contribution is -2.48. The Bertz CT molecular complexity index is 1050. The summed E-state index contributed by atoms with van der Waals surface area (Å²) in [6.45, 7) is 2.01. The van der Waals surface area contributed by atoms with Crippen molar-refractivity contribution in [1.29, 1.82) is 0 Å². The number of fused-ring (bicyclic) bond motifs is 2. The van der Waals surface area contributed by atoms with Gasteiger partial charge in [-0.15, -0.1) is 0 Å². The third-order valence-electron chi connectivity index (χ3n) is 5.17. The molecule has 28 heavy (non-hydrogen) atoms. The molecule has 5 heteroatoms. The molecule has 0 saturated heterocycles. The van der Waals surface area contributed by atoms with Crippen LogP contribution in [0.15, 0.2) is 66.7 Å². The smallest absolute Gasteiger partial charge is 0.262 e. The minimum absolute atomic E-state index is 0.338. The lowest BCUT2D eigenvalue weighted by molar-refractivity contribution is -0.124. The molecule has 3 amide bonds. The maximum atomic E-state index is 12.6. The molecule has 0 bridgehead atoms. The number of carbonyl (C=O) groups excluding carboxylic acids is 3. The molecule has 0 unspecified atom stereocenters. The monoisotopic (exact) mass is 372 g/mol. The molecule has 0 spiro atoms. The summed E-state index contributed by atoms with van der Waals surface area (Å²) in [4.78, 5) is 38.6. The zero-order valence-electron chi connectivity index (χ0n) is 15.5. The molecule has 0 aliphatic carbocycles. The van der Waals surface area contributed by atoms with Crippen LogP contribution in [0, 0.1) is 0 Å². The van der Waals surface area contributed by atoms with Crippen LogP contribution in [0.1, 0.15) is 33.2 Å². The summed E-state index contributed by atoms with van der Waals surface area (Å²) < 4.78 is 0. The Hall–Kier alpha value is -3.47. The van der Waals surface area contributed by atoms with Crippen LogP contribution >= 0.6 is 0 Å². The maximum Gasteiger partial charge on any atom is 0.262 e. The topological polar surface area (TPSA) is 66.5 Å². The molecule has 3 aromatic rings. The van der Waals surface area contributed by atoms with Crippen molar-refractivity contribution in [3.05, 3.63) is 83.4 Å². The van der Waals surface area contributed by atoms with E-state index in [2.05, 4.69) is 23.5 Å². The van der Waals surface area contributed by atoms with Gasteiger partial charge >= 0.3 is 0 Å². The molecule has 0 radical (unpaired) electrons. The van der Waals surface area contributed by atoms with Crippen molar-refractivity contribution >= 4 is 28.5 Å². The number of amides is 3. The third-order valence-corrected chi connectivity index (χ3v) is 5.17. The first-order valence-electron chi connectivity index (χ1n) is 9.29. The van der Waals surface area contributed by atoms with Crippen molar-refractivity contribution in [3.8, 4) is 0 Å². The summed E-state index contributed by atoms with van der Waals surface area (Å²) >= 11 is 0. The summed E-state index contributed by atoms with van der Waals surface area (Å²) in [5, 5.41) is 5.17. The van der Waals surface area contributed by atoms with Gasteiger partial charge in [-0.1, -0.05) is 54.6 Å². The Labute approximate surface area is 163 Å². The van der Waals surface area contributed by atoms with Gasteiger partial charge in [0.15, 0.2) is 0 Å². The standard InChI is InChI=1S/C23H20N2O3/c1-15(25-22(27)19-11-4-5-12-20(19)23(25)28)21(26)24-14-13-17-9-6-8-16-7-2-3-10-18(16)17/h2-12,15H,13-14H2,1H3,(H,24,26)/t15-/m0/s1. The Morgan fingerprint density at radius 3 is 2.21 bits per heavy atom. The van der Waals surface area contributed by atoms with E-state index in [4.69, 9.17) is 0 Å². The molecule has 4 rings (SSSR count). The van der Waals surface area contributed by atoms with E-state index < -0.39 is 17.9 Å². The van der Waals surface area contributed by atoms with Crippen molar-refractivity contribution in [2.75, 3.05) is 6.54 Å². The fourth-order valence-corrected chi connectivity index (χ4v) is 3.66. The number of carbonyl (C=O) groups is 3. The van der Waals surface area contributed by atoms with Gasteiger partial charge in [0.25, 0.3) is 11.8 Å². The molecule has 1 aliphatic rings. The second-order valence-electron chi connectivity index (χ2n) is 6.88. The predicted molar refractivity (Wildman–Crippen MR) is 107 cm³/mol. The SMILES string of the molecule is C[C@@H](C(=O)NCCc1cccc2ccccc12)N1C(=O)c2ccccc2C1=O. The summed E-state index contributed by atoms with van der Waals surface area (Å²) in [6.07, 6.45) is 0.669. The molecule has 0 saturated carbocycles. The van der Waals surface area contributed by atoms with Crippen molar-refractivity contribution in [1.82, 2.24) is 10.2 Å². The van der Waals surface area contributed by atoms with Crippen LogP contribution in [0.25, 0.3) is 10.8 Å². The highest BCUT2D eigenvalue weighted by Gasteiger charge is 2.40. The molecule has 140 valence electrons. The quantitative estimate of drug-likeness (QED) is 0.700. The van der Waals surface area contributed by atoms with Crippen LogP contribution in [-0.2, 0) is 11.2 Å². The van der Waals surface area contributed by atoms with Gasteiger partial charge in [-0.2, -0.15) is 0 Å². The van der Waals surface area contributed by atoms with E-state index in [-0.39, 0.29) is 5.91 Å². The number of rotatable bonds is 5. The zero-order chi connectivity index (χ0) is 19.7. The highest BCUT2D eigenvalue weighted by molar-refractivity contribution is 6.22.